The summed E-state index contributed by atoms with van der Waals surface area (Å²) in [6.45, 7) is 4.25. The second kappa shape index (κ2) is 11.4. The van der Waals surface area contributed by atoms with Crippen molar-refractivity contribution in [3.05, 3.63) is 98.3 Å². The summed E-state index contributed by atoms with van der Waals surface area (Å²) in [7, 11) is 0. The SMILES string of the molecule is CC(C)c1cc(I)ccc1NC(=O)CSc1nnc(Cc2ccccc2)n1-c1ccc(Cl)cc1. The van der Waals surface area contributed by atoms with Crippen LogP contribution in [0.3, 0.4) is 0 Å². The predicted molar refractivity (Wildman–Crippen MR) is 148 cm³/mol. The highest BCUT2D eigenvalue weighted by molar-refractivity contribution is 14.1. The number of hydrogen-bond acceptors (Lipinski definition) is 4. The van der Waals surface area contributed by atoms with Crippen LogP contribution in [0.15, 0.2) is 78.0 Å². The summed E-state index contributed by atoms with van der Waals surface area (Å²) < 4.78 is 3.14. The average molecular weight is 603 g/mol. The van der Waals surface area contributed by atoms with E-state index in [0.717, 1.165) is 31.9 Å². The van der Waals surface area contributed by atoms with Crippen LogP contribution in [0.1, 0.15) is 36.7 Å². The third-order valence-electron chi connectivity index (χ3n) is 5.23. The summed E-state index contributed by atoms with van der Waals surface area (Å²) in [5.41, 5.74) is 4.02. The molecular formula is C26H24ClIN4OS. The lowest BCUT2D eigenvalue weighted by Gasteiger charge is -2.14. The molecular weight excluding hydrogens is 579 g/mol. The second-order valence-electron chi connectivity index (χ2n) is 8.10. The van der Waals surface area contributed by atoms with Gasteiger partial charge in [-0.1, -0.05) is 67.5 Å². The maximum absolute atomic E-state index is 12.8. The molecule has 4 rings (SSSR count). The lowest BCUT2D eigenvalue weighted by Crippen LogP contribution is -2.16. The third kappa shape index (κ3) is 6.20. The average Bonchev–Trinajstić information content (AvgIpc) is 3.22. The van der Waals surface area contributed by atoms with Gasteiger partial charge >= 0.3 is 0 Å². The van der Waals surface area contributed by atoms with E-state index in [4.69, 9.17) is 11.6 Å². The molecule has 1 amide bonds. The predicted octanol–water partition coefficient (Wildman–Crippen LogP) is 6.97. The van der Waals surface area contributed by atoms with Crippen molar-refractivity contribution < 1.29 is 4.79 Å². The van der Waals surface area contributed by atoms with Gasteiger partial charge in [0.1, 0.15) is 5.82 Å². The number of aromatic nitrogens is 3. The minimum Gasteiger partial charge on any atom is -0.325 e. The Labute approximate surface area is 222 Å². The molecule has 174 valence electrons. The smallest absolute Gasteiger partial charge is 0.234 e. The molecule has 1 heterocycles. The summed E-state index contributed by atoms with van der Waals surface area (Å²) in [6.07, 6.45) is 0.629. The second-order valence-corrected chi connectivity index (χ2v) is 10.7. The number of nitrogens with one attached hydrogen (secondary N) is 1. The van der Waals surface area contributed by atoms with E-state index < -0.39 is 0 Å². The number of carbonyl (C=O) groups excluding carboxylic acids is 1. The number of carbonyl (C=O) groups is 1. The Morgan fingerprint density at radius 3 is 2.50 bits per heavy atom. The minimum absolute atomic E-state index is 0.0802. The molecule has 0 aliphatic carbocycles. The lowest BCUT2D eigenvalue weighted by atomic mass is 10.0. The first-order chi connectivity index (χ1) is 16.4. The Balaban J connectivity index is 1.55. The largest absolute Gasteiger partial charge is 0.325 e. The molecule has 1 N–H and O–H groups in total. The van der Waals surface area contributed by atoms with Crippen LogP contribution in [0.5, 0.6) is 0 Å². The molecule has 8 heteroatoms. The molecule has 0 saturated heterocycles. The molecule has 0 aliphatic heterocycles. The van der Waals surface area contributed by atoms with Crippen LogP contribution in [0.25, 0.3) is 5.69 Å². The minimum atomic E-state index is -0.0802. The highest BCUT2D eigenvalue weighted by atomic mass is 127. The number of nitrogens with zero attached hydrogens (tertiary/aromatic N) is 3. The van der Waals surface area contributed by atoms with Gasteiger partial charge in [-0.15, -0.1) is 10.2 Å². The van der Waals surface area contributed by atoms with E-state index in [1.54, 1.807) is 0 Å². The van der Waals surface area contributed by atoms with E-state index in [2.05, 4.69) is 70.2 Å². The maximum Gasteiger partial charge on any atom is 0.234 e. The molecule has 0 atom stereocenters. The van der Waals surface area contributed by atoms with Crippen LogP contribution in [-0.2, 0) is 11.2 Å². The third-order valence-corrected chi connectivity index (χ3v) is 7.08. The molecule has 0 aliphatic rings. The molecule has 0 saturated carbocycles. The molecule has 0 unspecified atom stereocenters. The van der Waals surface area contributed by atoms with Crippen LogP contribution in [-0.4, -0.2) is 26.4 Å². The van der Waals surface area contributed by atoms with Crippen LogP contribution in [0, 0.1) is 3.57 Å². The van der Waals surface area contributed by atoms with E-state index in [-0.39, 0.29) is 11.7 Å². The molecule has 3 aromatic carbocycles. The van der Waals surface area contributed by atoms with Gasteiger partial charge in [0.05, 0.1) is 5.75 Å². The normalized spacial score (nSPS) is 11.1. The van der Waals surface area contributed by atoms with Crippen molar-refractivity contribution in [3.8, 4) is 5.69 Å². The zero-order chi connectivity index (χ0) is 24.1. The van der Waals surface area contributed by atoms with E-state index >= 15 is 0 Å². The number of hydrogen-bond donors (Lipinski definition) is 1. The van der Waals surface area contributed by atoms with Crippen molar-refractivity contribution in [3.63, 3.8) is 0 Å². The van der Waals surface area contributed by atoms with Gasteiger partial charge in [0, 0.05) is 26.4 Å². The van der Waals surface area contributed by atoms with Crippen LogP contribution in [0.4, 0.5) is 5.69 Å². The summed E-state index contributed by atoms with van der Waals surface area (Å²) in [6, 6.07) is 23.8. The lowest BCUT2D eigenvalue weighted by molar-refractivity contribution is -0.113. The van der Waals surface area contributed by atoms with Gasteiger partial charge in [-0.25, -0.2) is 0 Å². The fourth-order valence-corrected chi connectivity index (χ4v) is 4.99. The van der Waals surface area contributed by atoms with Crippen LogP contribution in [0.2, 0.25) is 5.02 Å². The van der Waals surface area contributed by atoms with Crippen molar-refractivity contribution in [2.75, 3.05) is 11.1 Å². The van der Waals surface area contributed by atoms with Gasteiger partial charge in [-0.2, -0.15) is 0 Å². The standard InChI is InChI=1S/C26H24ClIN4OS/c1-17(2)22-15-20(28)10-13-23(22)29-25(33)16-34-26-31-30-24(14-18-6-4-3-5-7-18)32(26)21-11-8-19(27)9-12-21/h3-13,15,17H,14,16H2,1-2H3,(H,29,33). The van der Waals surface area contributed by atoms with Gasteiger partial charge in [-0.05, 0) is 82.1 Å². The van der Waals surface area contributed by atoms with Crippen molar-refractivity contribution in [2.45, 2.75) is 31.3 Å². The van der Waals surface area contributed by atoms with Gasteiger partial charge in [0.25, 0.3) is 0 Å². The van der Waals surface area contributed by atoms with Gasteiger partial charge in [-0.3, -0.25) is 9.36 Å². The van der Waals surface area contributed by atoms with Crippen molar-refractivity contribution >= 4 is 57.5 Å². The number of amides is 1. The van der Waals surface area contributed by atoms with E-state index in [1.807, 2.05) is 59.2 Å². The zero-order valence-corrected chi connectivity index (χ0v) is 22.6. The highest BCUT2D eigenvalue weighted by Crippen LogP contribution is 2.28. The number of benzene rings is 3. The molecule has 4 aromatic rings. The Hall–Kier alpha value is -2.36. The van der Waals surface area contributed by atoms with Crippen molar-refractivity contribution in [2.24, 2.45) is 0 Å². The Morgan fingerprint density at radius 1 is 1.06 bits per heavy atom. The van der Waals surface area contributed by atoms with E-state index in [0.29, 0.717) is 22.5 Å². The van der Waals surface area contributed by atoms with Gasteiger partial charge in [0.15, 0.2) is 5.16 Å². The molecule has 0 bridgehead atoms. The number of anilines is 1. The quantitative estimate of drug-likeness (QED) is 0.175. The number of halogens is 2. The molecule has 0 spiro atoms. The number of thioether (sulfide) groups is 1. The first-order valence-electron chi connectivity index (χ1n) is 10.9. The highest BCUT2D eigenvalue weighted by Gasteiger charge is 2.17. The number of rotatable bonds is 8. The summed E-state index contributed by atoms with van der Waals surface area (Å²) >= 11 is 9.76. The summed E-state index contributed by atoms with van der Waals surface area (Å²) in [5.74, 6) is 1.26. The maximum atomic E-state index is 12.8. The first-order valence-corrected chi connectivity index (χ1v) is 13.3. The van der Waals surface area contributed by atoms with E-state index in [1.165, 1.54) is 11.8 Å². The summed E-state index contributed by atoms with van der Waals surface area (Å²) in [5, 5.41) is 13.2. The Kier molecular flexibility index (Phi) is 8.28. The van der Waals surface area contributed by atoms with Gasteiger partial charge < -0.3 is 5.32 Å². The summed E-state index contributed by atoms with van der Waals surface area (Å²) in [4.78, 5) is 12.8. The molecule has 0 radical (unpaired) electrons. The van der Waals surface area contributed by atoms with Crippen LogP contribution < -0.4 is 5.32 Å². The Bertz CT molecular complexity index is 1280. The molecule has 34 heavy (non-hydrogen) atoms. The van der Waals surface area contributed by atoms with E-state index in [9.17, 15) is 4.79 Å². The first kappa shape index (κ1) is 24.8. The van der Waals surface area contributed by atoms with Crippen LogP contribution >= 0.6 is 46.0 Å². The fraction of sp³-hybridized carbons (Fsp3) is 0.192. The van der Waals surface area contributed by atoms with Crippen molar-refractivity contribution in [1.29, 1.82) is 0 Å². The monoisotopic (exact) mass is 602 g/mol. The molecule has 5 nitrogen and oxygen atoms in total. The topological polar surface area (TPSA) is 59.8 Å². The zero-order valence-electron chi connectivity index (χ0n) is 18.8. The molecule has 1 aromatic heterocycles. The molecule has 0 fully saturated rings. The fourth-order valence-electron chi connectivity index (χ4n) is 3.58. The van der Waals surface area contributed by atoms with Crippen molar-refractivity contribution in [1.82, 2.24) is 14.8 Å². The van der Waals surface area contributed by atoms with Gasteiger partial charge in [0.2, 0.25) is 5.91 Å². The Morgan fingerprint density at radius 2 is 1.79 bits per heavy atom.